The summed E-state index contributed by atoms with van der Waals surface area (Å²) in [5.74, 6) is 0.884. The van der Waals surface area contributed by atoms with Gasteiger partial charge in [0.1, 0.15) is 0 Å². The predicted octanol–water partition coefficient (Wildman–Crippen LogP) is 1.90. The van der Waals surface area contributed by atoms with Crippen molar-refractivity contribution >= 4 is 11.4 Å². The molecule has 3 rings (SSSR count). The quantitative estimate of drug-likeness (QED) is 0.594. The number of nitrogens with one attached hydrogen (secondary N) is 1. The number of hydrogen-bond donors (Lipinski definition) is 3. The SMILES string of the molecule is Nc1cc(N)cc(-c2nc(-c3ccc[nH]3)no2)c1. The van der Waals surface area contributed by atoms with Crippen LogP contribution in [0.4, 0.5) is 11.4 Å². The fourth-order valence-corrected chi connectivity index (χ4v) is 1.72. The average molecular weight is 241 g/mol. The van der Waals surface area contributed by atoms with E-state index < -0.39 is 0 Å². The molecular weight excluding hydrogens is 230 g/mol. The molecule has 0 fully saturated rings. The second-order valence-corrected chi connectivity index (χ2v) is 3.90. The maximum absolute atomic E-state index is 5.72. The Morgan fingerprint density at radius 3 is 2.56 bits per heavy atom. The Morgan fingerprint density at radius 2 is 1.89 bits per heavy atom. The lowest BCUT2D eigenvalue weighted by molar-refractivity contribution is 0.432. The van der Waals surface area contributed by atoms with E-state index in [1.807, 2.05) is 12.1 Å². The first-order chi connectivity index (χ1) is 8.72. The molecule has 0 bridgehead atoms. The van der Waals surface area contributed by atoms with Crippen LogP contribution in [0.25, 0.3) is 23.0 Å². The highest BCUT2D eigenvalue weighted by Gasteiger charge is 2.11. The lowest BCUT2D eigenvalue weighted by Crippen LogP contribution is -1.91. The standard InChI is InChI=1S/C12H11N5O/c13-8-4-7(5-9(14)6-8)12-16-11(17-18-12)10-2-1-3-15-10/h1-6,15H,13-14H2. The van der Waals surface area contributed by atoms with E-state index in [1.54, 1.807) is 24.4 Å². The third kappa shape index (κ3) is 1.80. The van der Waals surface area contributed by atoms with Gasteiger partial charge in [-0.2, -0.15) is 4.98 Å². The van der Waals surface area contributed by atoms with Crippen molar-refractivity contribution in [1.82, 2.24) is 15.1 Å². The number of H-pyrrole nitrogens is 1. The molecule has 2 aromatic heterocycles. The number of nitrogens with two attached hydrogens (primary N) is 2. The molecule has 0 aliphatic rings. The first-order valence-corrected chi connectivity index (χ1v) is 5.36. The van der Waals surface area contributed by atoms with Gasteiger partial charge in [-0.05, 0) is 30.3 Å². The number of nitrogens with zero attached hydrogens (tertiary/aromatic N) is 2. The third-order valence-corrected chi connectivity index (χ3v) is 2.49. The molecule has 3 aromatic rings. The highest BCUT2D eigenvalue weighted by Crippen LogP contribution is 2.25. The van der Waals surface area contributed by atoms with Crippen LogP contribution < -0.4 is 11.5 Å². The molecule has 5 N–H and O–H groups in total. The molecule has 0 unspecified atom stereocenters. The molecule has 6 heteroatoms. The van der Waals surface area contributed by atoms with Crippen LogP contribution in [0.2, 0.25) is 0 Å². The van der Waals surface area contributed by atoms with Gasteiger partial charge in [-0.1, -0.05) is 5.16 Å². The van der Waals surface area contributed by atoms with Crippen LogP contribution in [0.1, 0.15) is 0 Å². The van der Waals surface area contributed by atoms with E-state index in [0.717, 1.165) is 5.69 Å². The third-order valence-electron chi connectivity index (χ3n) is 2.49. The highest BCUT2D eigenvalue weighted by atomic mass is 16.5. The number of rotatable bonds is 2. The lowest BCUT2D eigenvalue weighted by Gasteiger charge is -1.99. The molecular formula is C12H11N5O. The van der Waals surface area contributed by atoms with Gasteiger partial charge >= 0.3 is 0 Å². The Hall–Kier alpha value is -2.76. The summed E-state index contributed by atoms with van der Waals surface area (Å²) in [7, 11) is 0. The topological polar surface area (TPSA) is 107 Å². The fraction of sp³-hybridized carbons (Fsp3) is 0. The monoisotopic (exact) mass is 241 g/mol. The number of nitrogen functional groups attached to an aromatic ring is 2. The minimum atomic E-state index is 0.388. The zero-order valence-electron chi connectivity index (χ0n) is 9.42. The number of aromatic amines is 1. The van der Waals surface area contributed by atoms with Crippen LogP contribution >= 0.6 is 0 Å². The molecule has 0 amide bonds. The van der Waals surface area contributed by atoms with Gasteiger partial charge in [0.25, 0.3) is 5.89 Å². The summed E-state index contributed by atoms with van der Waals surface area (Å²) in [5, 5.41) is 3.90. The summed E-state index contributed by atoms with van der Waals surface area (Å²) in [6, 6.07) is 8.88. The van der Waals surface area contributed by atoms with E-state index >= 15 is 0 Å². The van der Waals surface area contributed by atoms with Gasteiger partial charge in [0.05, 0.1) is 5.69 Å². The molecule has 18 heavy (non-hydrogen) atoms. The molecule has 0 aliphatic carbocycles. The van der Waals surface area contributed by atoms with Crippen molar-refractivity contribution in [1.29, 1.82) is 0 Å². The van der Waals surface area contributed by atoms with E-state index in [1.165, 1.54) is 0 Å². The van der Waals surface area contributed by atoms with Gasteiger partial charge in [0, 0.05) is 23.1 Å². The molecule has 0 aliphatic heterocycles. The van der Waals surface area contributed by atoms with Gasteiger partial charge in [0.2, 0.25) is 5.82 Å². The van der Waals surface area contributed by atoms with E-state index in [0.29, 0.717) is 28.7 Å². The van der Waals surface area contributed by atoms with Gasteiger partial charge in [-0.25, -0.2) is 0 Å². The fourth-order valence-electron chi connectivity index (χ4n) is 1.72. The Balaban J connectivity index is 2.03. The zero-order valence-corrected chi connectivity index (χ0v) is 9.42. The van der Waals surface area contributed by atoms with Gasteiger partial charge < -0.3 is 21.0 Å². The molecule has 0 radical (unpaired) electrons. The number of hydrogen-bond acceptors (Lipinski definition) is 5. The van der Waals surface area contributed by atoms with Crippen LogP contribution in [-0.4, -0.2) is 15.1 Å². The molecule has 90 valence electrons. The zero-order chi connectivity index (χ0) is 12.5. The number of aromatic nitrogens is 3. The van der Waals surface area contributed by atoms with E-state index in [-0.39, 0.29) is 0 Å². The van der Waals surface area contributed by atoms with E-state index in [9.17, 15) is 0 Å². The average Bonchev–Trinajstić information content (AvgIpc) is 2.99. The Labute approximate surface area is 103 Å². The second-order valence-electron chi connectivity index (χ2n) is 3.90. The molecule has 6 nitrogen and oxygen atoms in total. The van der Waals surface area contributed by atoms with Crippen molar-refractivity contribution < 1.29 is 4.52 Å². The number of anilines is 2. The molecule has 0 saturated carbocycles. The van der Waals surface area contributed by atoms with Crippen LogP contribution in [0.5, 0.6) is 0 Å². The van der Waals surface area contributed by atoms with Crippen molar-refractivity contribution in [2.24, 2.45) is 0 Å². The summed E-state index contributed by atoms with van der Waals surface area (Å²) < 4.78 is 5.19. The molecule has 0 saturated heterocycles. The van der Waals surface area contributed by atoms with Crippen molar-refractivity contribution in [2.45, 2.75) is 0 Å². The summed E-state index contributed by atoms with van der Waals surface area (Å²) in [4.78, 5) is 7.29. The van der Waals surface area contributed by atoms with E-state index in [4.69, 9.17) is 16.0 Å². The highest BCUT2D eigenvalue weighted by molar-refractivity contribution is 5.68. The van der Waals surface area contributed by atoms with Crippen molar-refractivity contribution in [3.8, 4) is 23.0 Å². The van der Waals surface area contributed by atoms with Crippen molar-refractivity contribution in [3.05, 3.63) is 36.5 Å². The Morgan fingerprint density at radius 1 is 1.11 bits per heavy atom. The van der Waals surface area contributed by atoms with E-state index in [2.05, 4.69) is 15.1 Å². The summed E-state index contributed by atoms with van der Waals surface area (Å²) in [6.45, 7) is 0. The smallest absolute Gasteiger partial charge is 0.258 e. The molecule has 0 spiro atoms. The summed E-state index contributed by atoms with van der Waals surface area (Å²) in [6.07, 6.45) is 1.80. The normalized spacial score (nSPS) is 10.7. The molecule has 1 aromatic carbocycles. The van der Waals surface area contributed by atoms with Gasteiger partial charge in [-0.3, -0.25) is 0 Å². The van der Waals surface area contributed by atoms with Crippen LogP contribution in [0.15, 0.2) is 41.1 Å². The minimum absolute atomic E-state index is 0.388. The van der Waals surface area contributed by atoms with Crippen molar-refractivity contribution in [2.75, 3.05) is 11.5 Å². The summed E-state index contributed by atoms with van der Waals surface area (Å²) in [5.41, 5.74) is 14.1. The number of benzene rings is 1. The Bertz CT molecular complexity index is 651. The lowest BCUT2D eigenvalue weighted by atomic mass is 10.2. The first kappa shape index (κ1) is 10.4. The summed E-state index contributed by atoms with van der Waals surface area (Å²) >= 11 is 0. The van der Waals surface area contributed by atoms with Crippen LogP contribution in [0, 0.1) is 0 Å². The molecule has 0 atom stereocenters. The van der Waals surface area contributed by atoms with Crippen LogP contribution in [0.3, 0.4) is 0 Å². The van der Waals surface area contributed by atoms with Gasteiger partial charge in [-0.15, -0.1) is 0 Å². The second kappa shape index (κ2) is 3.92. The Kier molecular flexibility index (Phi) is 2.26. The predicted molar refractivity (Wildman–Crippen MR) is 68.3 cm³/mol. The van der Waals surface area contributed by atoms with Crippen molar-refractivity contribution in [3.63, 3.8) is 0 Å². The first-order valence-electron chi connectivity index (χ1n) is 5.36. The minimum Gasteiger partial charge on any atom is -0.399 e. The molecule has 2 heterocycles. The maximum Gasteiger partial charge on any atom is 0.258 e. The van der Waals surface area contributed by atoms with Gasteiger partial charge in [0.15, 0.2) is 0 Å². The maximum atomic E-state index is 5.72. The largest absolute Gasteiger partial charge is 0.399 e. The van der Waals surface area contributed by atoms with Crippen LogP contribution in [-0.2, 0) is 0 Å².